The Bertz CT molecular complexity index is 1390. The average molecular weight is 561 g/mol. The van der Waals surface area contributed by atoms with E-state index in [0.29, 0.717) is 36.0 Å². The summed E-state index contributed by atoms with van der Waals surface area (Å²) in [6.07, 6.45) is 2.24. The lowest BCUT2D eigenvalue weighted by Gasteiger charge is -2.38. The number of rotatable bonds is 10. The molecule has 9 heteroatoms. The number of fused-ring (bicyclic) bond motifs is 1. The highest BCUT2D eigenvalue weighted by Gasteiger charge is 2.31. The van der Waals surface area contributed by atoms with E-state index >= 15 is 0 Å². The van der Waals surface area contributed by atoms with Crippen LogP contribution in [0.1, 0.15) is 22.7 Å². The fourth-order valence-corrected chi connectivity index (χ4v) is 5.73. The van der Waals surface area contributed by atoms with E-state index < -0.39 is 6.04 Å². The SMILES string of the molecule is COc1ccc(CC2c3cc(OC)c(OC)cc3C(CN3CCN(c4ccccc4OC)CC3)=CN2[O])cc1OC. The zero-order valence-electron chi connectivity index (χ0n) is 24.4. The molecule has 1 atom stereocenters. The van der Waals surface area contributed by atoms with Crippen molar-refractivity contribution in [3.63, 3.8) is 0 Å². The van der Waals surface area contributed by atoms with Crippen LogP contribution in [0.4, 0.5) is 5.69 Å². The van der Waals surface area contributed by atoms with E-state index in [1.54, 1.807) is 41.7 Å². The number of anilines is 1. The zero-order chi connectivity index (χ0) is 28.9. The summed E-state index contributed by atoms with van der Waals surface area (Å²) in [6, 6.07) is 17.4. The third-order valence-electron chi connectivity index (χ3n) is 7.92. The Morgan fingerprint density at radius 1 is 0.707 bits per heavy atom. The van der Waals surface area contributed by atoms with Gasteiger partial charge in [-0.15, -0.1) is 0 Å². The lowest BCUT2D eigenvalue weighted by molar-refractivity contribution is -0.148. The molecule has 0 spiro atoms. The average Bonchev–Trinajstić information content (AvgIpc) is 3.02. The van der Waals surface area contributed by atoms with Crippen LogP contribution >= 0.6 is 0 Å². The van der Waals surface area contributed by atoms with Gasteiger partial charge in [0.15, 0.2) is 23.0 Å². The molecule has 3 aromatic rings. The molecule has 0 N–H and O–H groups in total. The summed E-state index contributed by atoms with van der Waals surface area (Å²) in [5, 5.41) is 14.7. The number of nitrogens with zero attached hydrogens (tertiary/aromatic N) is 3. The summed E-state index contributed by atoms with van der Waals surface area (Å²) in [5.74, 6) is 3.41. The number of piperazine rings is 1. The summed E-state index contributed by atoms with van der Waals surface area (Å²) in [6.45, 7) is 4.13. The van der Waals surface area contributed by atoms with Gasteiger partial charge in [-0.05, 0) is 65.1 Å². The lowest BCUT2D eigenvalue weighted by Crippen LogP contribution is -2.47. The minimum atomic E-state index is -0.436. The summed E-state index contributed by atoms with van der Waals surface area (Å²) < 4.78 is 27.8. The van der Waals surface area contributed by atoms with E-state index in [0.717, 1.165) is 64.9 Å². The Hall–Kier alpha value is -4.08. The number of para-hydroxylation sites is 2. The van der Waals surface area contributed by atoms with Gasteiger partial charge in [-0.1, -0.05) is 23.4 Å². The van der Waals surface area contributed by atoms with Crippen LogP contribution in [0.5, 0.6) is 28.7 Å². The Balaban J connectivity index is 1.39. The van der Waals surface area contributed by atoms with Gasteiger partial charge in [0.05, 0.1) is 47.3 Å². The predicted octanol–water partition coefficient (Wildman–Crippen LogP) is 4.84. The molecule has 1 unspecified atom stereocenters. The smallest absolute Gasteiger partial charge is 0.161 e. The molecule has 0 aliphatic carbocycles. The van der Waals surface area contributed by atoms with Crippen molar-refractivity contribution in [2.75, 3.05) is 73.2 Å². The van der Waals surface area contributed by atoms with Gasteiger partial charge in [0.1, 0.15) is 5.75 Å². The Labute approximate surface area is 242 Å². The number of hydrogen-bond acceptors (Lipinski definition) is 8. The van der Waals surface area contributed by atoms with Crippen molar-refractivity contribution in [2.45, 2.75) is 12.5 Å². The highest BCUT2D eigenvalue weighted by molar-refractivity contribution is 5.74. The van der Waals surface area contributed by atoms with Crippen molar-refractivity contribution in [3.05, 3.63) is 77.5 Å². The summed E-state index contributed by atoms with van der Waals surface area (Å²) in [5.41, 5.74) is 4.96. The van der Waals surface area contributed by atoms with Crippen LogP contribution in [0.3, 0.4) is 0 Å². The van der Waals surface area contributed by atoms with E-state index in [2.05, 4.69) is 15.9 Å². The molecule has 1 saturated heterocycles. The van der Waals surface area contributed by atoms with E-state index in [1.165, 1.54) is 0 Å². The fraction of sp³-hybridized carbons (Fsp3) is 0.375. The largest absolute Gasteiger partial charge is 0.495 e. The number of benzene rings is 3. The van der Waals surface area contributed by atoms with E-state index in [9.17, 15) is 5.21 Å². The number of methoxy groups -OCH3 is 5. The van der Waals surface area contributed by atoms with Crippen molar-refractivity contribution in [1.82, 2.24) is 9.96 Å². The monoisotopic (exact) mass is 560 g/mol. The second-order valence-corrected chi connectivity index (χ2v) is 10.2. The summed E-state index contributed by atoms with van der Waals surface area (Å²) >= 11 is 0. The lowest BCUT2D eigenvalue weighted by atomic mass is 9.87. The van der Waals surface area contributed by atoms with Gasteiger partial charge in [0.2, 0.25) is 0 Å². The molecule has 0 saturated carbocycles. The third-order valence-corrected chi connectivity index (χ3v) is 7.92. The van der Waals surface area contributed by atoms with E-state index in [-0.39, 0.29) is 0 Å². The van der Waals surface area contributed by atoms with E-state index in [1.807, 2.05) is 48.5 Å². The summed E-state index contributed by atoms with van der Waals surface area (Å²) in [7, 11) is 8.18. The zero-order valence-corrected chi connectivity index (χ0v) is 24.4. The molecule has 2 heterocycles. The maximum atomic E-state index is 13.6. The van der Waals surface area contributed by atoms with Gasteiger partial charge < -0.3 is 28.6 Å². The maximum absolute atomic E-state index is 13.6. The molecule has 5 rings (SSSR count). The van der Waals surface area contributed by atoms with Crippen LogP contribution in [-0.2, 0) is 11.6 Å². The highest BCUT2D eigenvalue weighted by Crippen LogP contribution is 2.43. The first-order valence-electron chi connectivity index (χ1n) is 13.7. The van der Waals surface area contributed by atoms with Crippen LogP contribution in [-0.4, -0.2) is 78.2 Å². The van der Waals surface area contributed by atoms with Crippen LogP contribution < -0.4 is 28.6 Å². The van der Waals surface area contributed by atoms with Crippen LogP contribution in [0.15, 0.2) is 60.8 Å². The second-order valence-electron chi connectivity index (χ2n) is 10.2. The first-order valence-corrected chi connectivity index (χ1v) is 13.7. The van der Waals surface area contributed by atoms with E-state index in [4.69, 9.17) is 23.7 Å². The van der Waals surface area contributed by atoms with Crippen molar-refractivity contribution < 1.29 is 28.9 Å². The molecule has 2 aliphatic rings. The van der Waals surface area contributed by atoms with Gasteiger partial charge in [-0.2, -0.15) is 0 Å². The molecule has 0 aromatic heterocycles. The molecule has 0 amide bonds. The Kier molecular flexibility index (Phi) is 8.75. The molecule has 0 bridgehead atoms. The molecule has 217 valence electrons. The van der Waals surface area contributed by atoms with Gasteiger partial charge in [-0.3, -0.25) is 4.90 Å². The first kappa shape index (κ1) is 28.4. The third kappa shape index (κ3) is 5.87. The standard InChI is InChI=1S/C32H38N3O6/c1-37-28-9-7-6-8-26(28)34-14-12-33(13-15-34)20-23-21-35(36)27(16-22-10-11-29(38-2)30(17-22)39-3)25-19-32(41-5)31(40-4)18-24(23)25/h6-11,17-19,21,27H,12-16,20H2,1-5H3. The van der Waals surface area contributed by atoms with Crippen molar-refractivity contribution in [2.24, 2.45) is 0 Å². The number of hydrogen-bond donors (Lipinski definition) is 0. The molecule has 1 radical (unpaired) electrons. The summed E-state index contributed by atoms with van der Waals surface area (Å²) in [4.78, 5) is 4.74. The second kappa shape index (κ2) is 12.6. The topological polar surface area (TPSA) is 75.8 Å². The minimum absolute atomic E-state index is 0.436. The fourth-order valence-electron chi connectivity index (χ4n) is 5.73. The number of ether oxygens (including phenoxy) is 5. The molecule has 1 fully saturated rings. The number of hydroxylamine groups is 2. The first-order chi connectivity index (χ1) is 20.0. The molecule has 41 heavy (non-hydrogen) atoms. The molecule has 9 nitrogen and oxygen atoms in total. The normalized spacial score (nSPS) is 17.0. The van der Waals surface area contributed by atoms with Gasteiger partial charge in [0, 0.05) is 38.9 Å². The van der Waals surface area contributed by atoms with Crippen LogP contribution in [0, 0.1) is 0 Å². The molecular formula is C32H38N3O6. The highest BCUT2D eigenvalue weighted by atomic mass is 16.5. The van der Waals surface area contributed by atoms with Crippen molar-refractivity contribution in [3.8, 4) is 28.7 Å². The van der Waals surface area contributed by atoms with Crippen LogP contribution in [0.2, 0.25) is 0 Å². The molecule has 3 aromatic carbocycles. The minimum Gasteiger partial charge on any atom is -0.495 e. The quantitative estimate of drug-likeness (QED) is 0.349. The van der Waals surface area contributed by atoms with Crippen LogP contribution in [0.25, 0.3) is 5.57 Å². The predicted molar refractivity (Wildman–Crippen MR) is 158 cm³/mol. The maximum Gasteiger partial charge on any atom is 0.161 e. The van der Waals surface area contributed by atoms with Gasteiger partial charge >= 0.3 is 0 Å². The van der Waals surface area contributed by atoms with Gasteiger partial charge in [-0.25, -0.2) is 5.06 Å². The Morgan fingerprint density at radius 3 is 2.02 bits per heavy atom. The Morgan fingerprint density at radius 2 is 1.34 bits per heavy atom. The van der Waals surface area contributed by atoms with Crippen molar-refractivity contribution >= 4 is 11.3 Å². The van der Waals surface area contributed by atoms with Gasteiger partial charge in [0.25, 0.3) is 0 Å². The molecular weight excluding hydrogens is 522 g/mol. The van der Waals surface area contributed by atoms with Crippen molar-refractivity contribution in [1.29, 1.82) is 0 Å². The molecule has 2 aliphatic heterocycles.